The van der Waals surface area contributed by atoms with E-state index in [1.165, 1.54) is 0 Å². The van der Waals surface area contributed by atoms with Gasteiger partial charge in [-0.25, -0.2) is 9.78 Å². The predicted molar refractivity (Wildman–Crippen MR) is 78.8 cm³/mol. The molecule has 1 aromatic heterocycles. The lowest BCUT2D eigenvalue weighted by atomic mass is 10.0. The van der Waals surface area contributed by atoms with Gasteiger partial charge in [-0.05, 0) is 37.8 Å². The van der Waals surface area contributed by atoms with Gasteiger partial charge >= 0.3 is 6.03 Å². The molecule has 5 nitrogen and oxygen atoms in total. The van der Waals surface area contributed by atoms with Crippen molar-refractivity contribution in [2.75, 3.05) is 25.0 Å². The molecule has 0 bridgehead atoms. The van der Waals surface area contributed by atoms with Crippen LogP contribution in [-0.4, -0.2) is 48.1 Å². The Hall–Kier alpha value is -1.78. The van der Waals surface area contributed by atoms with Gasteiger partial charge in [0.05, 0.1) is 0 Å². The fraction of sp³-hybridized carbons (Fsp3) is 0.600. The quantitative estimate of drug-likeness (QED) is 0.915. The molecule has 1 aliphatic heterocycles. The second-order valence-corrected chi connectivity index (χ2v) is 5.74. The summed E-state index contributed by atoms with van der Waals surface area (Å²) >= 11 is 0. The summed E-state index contributed by atoms with van der Waals surface area (Å²) in [4.78, 5) is 20.6. The van der Waals surface area contributed by atoms with E-state index in [-0.39, 0.29) is 6.03 Å². The van der Waals surface area contributed by atoms with E-state index in [1.54, 1.807) is 0 Å². The number of pyridine rings is 1. The van der Waals surface area contributed by atoms with E-state index in [4.69, 9.17) is 0 Å². The molecular weight excluding hydrogens is 252 g/mol. The number of amides is 2. The lowest BCUT2D eigenvalue weighted by molar-refractivity contribution is 0.179. The molecule has 2 amide bonds. The Kier molecular flexibility index (Phi) is 3.76. The number of nitrogens with zero attached hydrogens (tertiary/aromatic N) is 3. The van der Waals surface area contributed by atoms with Gasteiger partial charge in [-0.15, -0.1) is 0 Å². The van der Waals surface area contributed by atoms with E-state index >= 15 is 0 Å². The lowest BCUT2D eigenvalue weighted by Gasteiger charge is -2.37. The van der Waals surface area contributed by atoms with Gasteiger partial charge < -0.3 is 15.1 Å². The standard InChI is InChI=1S/C15H22N4O/c1-18(15(20)17-12-5-6-12)13-7-10-19(11-8-13)14-4-2-3-9-16-14/h2-4,9,12-13H,5-8,10-11H2,1H3,(H,17,20). The third-order valence-electron chi connectivity index (χ3n) is 4.21. The molecule has 0 atom stereocenters. The highest BCUT2D eigenvalue weighted by molar-refractivity contribution is 5.75. The molecule has 2 heterocycles. The summed E-state index contributed by atoms with van der Waals surface area (Å²) in [5, 5.41) is 3.05. The maximum atomic E-state index is 12.0. The maximum Gasteiger partial charge on any atom is 0.317 e. The van der Waals surface area contributed by atoms with E-state index in [9.17, 15) is 4.79 Å². The van der Waals surface area contributed by atoms with Crippen LogP contribution < -0.4 is 10.2 Å². The van der Waals surface area contributed by atoms with E-state index in [2.05, 4.69) is 15.2 Å². The zero-order valence-corrected chi connectivity index (χ0v) is 12.0. The zero-order valence-electron chi connectivity index (χ0n) is 12.0. The highest BCUT2D eigenvalue weighted by atomic mass is 16.2. The molecule has 0 aromatic carbocycles. The van der Waals surface area contributed by atoms with Crippen molar-refractivity contribution in [2.45, 2.75) is 37.8 Å². The van der Waals surface area contributed by atoms with Crippen molar-refractivity contribution in [1.82, 2.24) is 15.2 Å². The summed E-state index contributed by atoms with van der Waals surface area (Å²) in [6.45, 7) is 1.92. The van der Waals surface area contributed by atoms with Crippen molar-refractivity contribution in [3.8, 4) is 0 Å². The van der Waals surface area contributed by atoms with Gasteiger partial charge in [0.15, 0.2) is 0 Å². The van der Waals surface area contributed by atoms with Crippen LogP contribution in [0.25, 0.3) is 0 Å². The molecular formula is C15H22N4O. The summed E-state index contributed by atoms with van der Waals surface area (Å²) < 4.78 is 0. The van der Waals surface area contributed by atoms with E-state index in [0.29, 0.717) is 12.1 Å². The number of hydrogen-bond donors (Lipinski definition) is 1. The van der Waals surface area contributed by atoms with Crippen molar-refractivity contribution >= 4 is 11.8 Å². The Balaban J connectivity index is 1.51. The number of rotatable bonds is 3. The summed E-state index contributed by atoms with van der Waals surface area (Å²) in [5.41, 5.74) is 0. The highest BCUT2D eigenvalue weighted by Crippen LogP contribution is 2.22. The van der Waals surface area contributed by atoms with Crippen LogP contribution in [0.2, 0.25) is 0 Å². The van der Waals surface area contributed by atoms with Crippen LogP contribution in [-0.2, 0) is 0 Å². The number of piperidine rings is 1. The van der Waals surface area contributed by atoms with E-state index < -0.39 is 0 Å². The molecule has 0 radical (unpaired) electrons. The van der Waals surface area contributed by atoms with Crippen molar-refractivity contribution in [3.05, 3.63) is 24.4 Å². The molecule has 1 aliphatic carbocycles. The van der Waals surface area contributed by atoms with Crippen molar-refractivity contribution in [3.63, 3.8) is 0 Å². The fourth-order valence-electron chi connectivity index (χ4n) is 2.69. The normalized spacial score (nSPS) is 19.8. The largest absolute Gasteiger partial charge is 0.356 e. The number of nitrogens with one attached hydrogen (secondary N) is 1. The molecule has 2 fully saturated rings. The van der Waals surface area contributed by atoms with Crippen LogP contribution in [0.5, 0.6) is 0 Å². The van der Waals surface area contributed by atoms with Crippen LogP contribution >= 0.6 is 0 Å². The molecule has 0 unspecified atom stereocenters. The molecule has 1 N–H and O–H groups in total. The minimum atomic E-state index is 0.0868. The van der Waals surface area contributed by atoms with Gasteiger partial charge in [0.1, 0.15) is 5.82 Å². The monoisotopic (exact) mass is 274 g/mol. The summed E-state index contributed by atoms with van der Waals surface area (Å²) in [6, 6.07) is 6.86. The first-order valence-corrected chi connectivity index (χ1v) is 7.43. The van der Waals surface area contributed by atoms with Crippen molar-refractivity contribution < 1.29 is 4.79 Å². The third kappa shape index (κ3) is 3.03. The van der Waals surface area contributed by atoms with Crippen molar-refractivity contribution in [2.24, 2.45) is 0 Å². The predicted octanol–water partition coefficient (Wildman–Crippen LogP) is 1.85. The van der Waals surface area contributed by atoms with Gasteiger partial charge in [-0.2, -0.15) is 0 Å². The van der Waals surface area contributed by atoms with Crippen LogP contribution in [0.1, 0.15) is 25.7 Å². The minimum absolute atomic E-state index is 0.0868. The number of aromatic nitrogens is 1. The lowest BCUT2D eigenvalue weighted by Crippen LogP contribution is -2.49. The molecule has 1 saturated carbocycles. The Labute approximate surface area is 120 Å². The number of hydrogen-bond acceptors (Lipinski definition) is 3. The first kappa shape index (κ1) is 13.2. The number of carbonyl (C=O) groups is 1. The van der Waals surface area contributed by atoms with Crippen LogP contribution in [0.4, 0.5) is 10.6 Å². The highest BCUT2D eigenvalue weighted by Gasteiger charge is 2.29. The molecule has 2 aliphatic rings. The third-order valence-corrected chi connectivity index (χ3v) is 4.21. The molecule has 20 heavy (non-hydrogen) atoms. The van der Waals surface area contributed by atoms with Gasteiger partial charge in [0, 0.05) is 38.4 Å². The van der Waals surface area contributed by atoms with Gasteiger partial charge in [-0.1, -0.05) is 6.07 Å². The number of anilines is 1. The second kappa shape index (κ2) is 5.69. The molecule has 3 rings (SSSR count). The Bertz CT molecular complexity index is 452. The molecule has 5 heteroatoms. The van der Waals surface area contributed by atoms with Crippen LogP contribution in [0.3, 0.4) is 0 Å². The molecule has 1 saturated heterocycles. The Morgan fingerprint density at radius 2 is 2.05 bits per heavy atom. The van der Waals surface area contributed by atoms with Gasteiger partial charge in [0.25, 0.3) is 0 Å². The first-order valence-electron chi connectivity index (χ1n) is 7.43. The second-order valence-electron chi connectivity index (χ2n) is 5.74. The van der Waals surface area contributed by atoms with Crippen LogP contribution in [0, 0.1) is 0 Å². The fourth-order valence-corrected chi connectivity index (χ4v) is 2.69. The maximum absolute atomic E-state index is 12.0. The summed E-state index contributed by atoms with van der Waals surface area (Å²) in [7, 11) is 1.92. The zero-order chi connectivity index (χ0) is 13.9. The van der Waals surface area contributed by atoms with Crippen LogP contribution in [0.15, 0.2) is 24.4 Å². The number of carbonyl (C=O) groups excluding carboxylic acids is 1. The average molecular weight is 274 g/mol. The summed E-state index contributed by atoms with van der Waals surface area (Å²) in [5.74, 6) is 1.04. The average Bonchev–Trinajstić information content (AvgIpc) is 3.31. The van der Waals surface area contributed by atoms with E-state index in [1.807, 2.05) is 36.3 Å². The van der Waals surface area contributed by atoms with E-state index in [0.717, 1.165) is 44.6 Å². The first-order chi connectivity index (χ1) is 9.74. The molecule has 108 valence electrons. The SMILES string of the molecule is CN(C(=O)NC1CC1)C1CCN(c2ccccn2)CC1. The smallest absolute Gasteiger partial charge is 0.317 e. The van der Waals surface area contributed by atoms with Gasteiger partial charge in [-0.3, -0.25) is 0 Å². The molecule has 1 aromatic rings. The Morgan fingerprint density at radius 3 is 2.65 bits per heavy atom. The topological polar surface area (TPSA) is 48.5 Å². The summed E-state index contributed by atoms with van der Waals surface area (Å²) in [6.07, 6.45) is 6.11. The minimum Gasteiger partial charge on any atom is -0.356 e. The van der Waals surface area contributed by atoms with Gasteiger partial charge in [0.2, 0.25) is 0 Å². The van der Waals surface area contributed by atoms with Crippen molar-refractivity contribution in [1.29, 1.82) is 0 Å². The Morgan fingerprint density at radius 1 is 1.30 bits per heavy atom. The molecule has 0 spiro atoms. The number of urea groups is 1.